The van der Waals surface area contributed by atoms with Crippen molar-refractivity contribution in [3.63, 3.8) is 0 Å². The molecule has 4 rings (SSSR count). The third-order valence-corrected chi connectivity index (χ3v) is 3.89. The summed E-state index contributed by atoms with van der Waals surface area (Å²) in [5.41, 5.74) is 1.95. The van der Waals surface area contributed by atoms with Gasteiger partial charge < -0.3 is 15.2 Å². The zero-order valence-electron chi connectivity index (χ0n) is 14.3. The third kappa shape index (κ3) is 3.27. The van der Waals surface area contributed by atoms with E-state index >= 15 is 0 Å². The van der Waals surface area contributed by atoms with Crippen molar-refractivity contribution >= 4 is 17.0 Å². The Morgan fingerprint density at radius 2 is 2.15 bits per heavy atom. The minimum absolute atomic E-state index is 0.154. The molecule has 4 heterocycles. The lowest BCUT2D eigenvalue weighted by atomic mass is 10.3. The van der Waals surface area contributed by atoms with Gasteiger partial charge in [0.05, 0.1) is 25.6 Å². The molecular formula is C18H15FN6O2. The molecule has 0 spiro atoms. The van der Waals surface area contributed by atoms with E-state index in [1.165, 1.54) is 19.4 Å². The van der Waals surface area contributed by atoms with Crippen LogP contribution in [-0.2, 0) is 6.61 Å². The molecule has 0 aliphatic heterocycles. The van der Waals surface area contributed by atoms with Crippen LogP contribution in [0.2, 0.25) is 0 Å². The van der Waals surface area contributed by atoms with Crippen LogP contribution < -0.4 is 10.1 Å². The second kappa shape index (κ2) is 6.96. The number of ether oxygens (including phenoxy) is 1. The van der Waals surface area contributed by atoms with E-state index in [2.05, 4.69) is 25.4 Å². The number of methoxy groups -OCH3 is 1. The molecule has 27 heavy (non-hydrogen) atoms. The lowest BCUT2D eigenvalue weighted by molar-refractivity contribution is 0.282. The van der Waals surface area contributed by atoms with E-state index < -0.39 is 5.82 Å². The molecule has 2 N–H and O–H groups in total. The van der Waals surface area contributed by atoms with Gasteiger partial charge >= 0.3 is 0 Å². The summed E-state index contributed by atoms with van der Waals surface area (Å²) in [4.78, 5) is 12.6. The number of aromatic nitrogens is 5. The van der Waals surface area contributed by atoms with Crippen LogP contribution in [0.15, 0.2) is 48.9 Å². The number of fused-ring (bicyclic) bond motifs is 1. The normalized spacial score (nSPS) is 10.9. The maximum atomic E-state index is 14.0. The second-order valence-corrected chi connectivity index (χ2v) is 5.67. The molecule has 0 bridgehead atoms. The summed E-state index contributed by atoms with van der Waals surface area (Å²) in [6.45, 7) is -0.154. The number of hydrogen-bond donors (Lipinski definition) is 2. The smallest absolute Gasteiger partial charge is 0.213 e. The fourth-order valence-electron chi connectivity index (χ4n) is 2.60. The second-order valence-electron chi connectivity index (χ2n) is 5.67. The van der Waals surface area contributed by atoms with Gasteiger partial charge in [-0.25, -0.2) is 18.9 Å². The molecule has 8 nitrogen and oxygen atoms in total. The first-order chi connectivity index (χ1) is 13.2. The fraction of sp³-hybridized carbons (Fsp3) is 0.111. The van der Waals surface area contributed by atoms with Gasteiger partial charge in [0.1, 0.15) is 11.2 Å². The minimum atomic E-state index is -0.510. The highest BCUT2D eigenvalue weighted by Crippen LogP contribution is 2.26. The van der Waals surface area contributed by atoms with Crippen molar-refractivity contribution in [1.29, 1.82) is 0 Å². The number of pyridine rings is 2. The summed E-state index contributed by atoms with van der Waals surface area (Å²) in [6.07, 6.45) is 4.27. The first-order valence-corrected chi connectivity index (χ1v) is 8.06. The Morgan fingerprint density at radius 1 is 1.26 bits per heavy atom. The van der Waals surface area contributed by atoms with Gasteiger partial charge in [-0.15, -0.1) is 5.10 Å². The first-order valence-electron chi connectivity index (χ1n) is 8.06. The number of anilines is 2. The molecule has 136 valence electrons. The summed E-state index contributed by atoms with van der Waals surface area (Å²) in [5.74, 6) is 0.603. The molecule has 0 unspecified atom stereocenters. The topological polar surface area (TPSA) is 97.5 Å². The third-order valence-electron chi connectivity index (χ3n) is 3.89. The molecule has 0 radical (unpaired) electrons. The number of nitrogens with one attached hydrogen (secondary N) is 1. The molecule has 0 aliphatic rings. The Hall–Kier alpha value is -3.59. The van der Waals surface area contributed by atoms with Crippen LogP contribution >= 0.6 is 0 Å². The van der Waals surface area contributed by atoms with Crippen molar-refractivity contribution in [2.75, 3.05) is 12.4 Å². The standard InChI is InChI=1S/C18H15FN6O2/c1-27-16-4-2-3-14(21-16)17-23-18(22-13-5-6-20-8-12(13)19)15-7-11(10-26)9-25(15)24-17/h2-9,26H,10H2,1H3,(H,20,22,23,24). The average molecular weight is 366 g/mol. The molecule has 9 heteroatoms. The Labute approximate surface area is 153 Å². The van der Waals surface area contributed by atoms with Gasteiger partial charge in [-0.05, 0) is 23.8 Å². The number of aliphatic hydroxyl groups excluding tert-OH is 1. The highest BCUT2D eigenvalue weighted by Gasteiger charge is 2.14. The molecule has 0 atom stereocenters. The van der Waals surface area contributed by atoms with Gasteiger partial charge in [0.2, 0.25) is 11.7 Å². The number of aliphatic hydroxyl groups is 1. The SMILES string of the molecule is COc1cccc(-c2nc(Nc3ccncc3F)c3cc(CO)cn3n2)n1. The summed E-state index contributed by atoms with van der Waals surface area (Å²) >= 11 is 0. The Bertz CT molecular complexity index is 1110. The number of halogens is 1. The molecule has 0 aliphatic carbocycles. The molecule has 4 aromatic rings. The Kier molecular flexibility index (Phi) is 4.35. The van der Waals surface area contributed by atoms with Crippen molar-refractivity contribution in [2.45, 2.75) is 6.61 Å². The molecule has 0 saturated carbocycles. The van der Waals surface area contributed by atoms with Crippen molar-refractivity contribution in [3.05, 3.63) is 60.3 Å². The quantitative estimate of drug-likeness (QED) is 0.560. The molecule has 0 fully saturated rings. The van der Waals surface area contributed by atoms with Gasteiger partial charge in [0.25, 0.3) is 0 Å². The zero-order valence-corrected chi connectivity index (χ0v) is 14.3. The summed E-state index contributed by atoms with van der Waals surface area (Å²) < 4.78 is 20.7. The van der Waals surface area contributed by atoms with E-state index in [0.29, 0.717) is 34.3 Å². The van der Waals surface area contributed by atoms with E-state index in [9.17, 15) is 9.50 Å². The molecule has 0 aromatic carbocycles. The molecule has 0 saturated heterocycles. The zero-order chi connectivity index (χ0) is 18.8. The van der Waals surface area contributed by atoms with Crippen molar-refractivity contribution in [1.82, 2.24) is 24.6 Å². The van der Waals surface area contributed by atoms with Gasteiger partial charge in [0.15, 0.2) is 11.6 Å². The van der Waals surface area contributed by atoms with Crippen LogP contribution in [0.1, 0.15) is 5.56 Å². The van der Waals surface area contributed by atoms with Crippen LogP contribution in [0.25, 0.3) is 17.0 Å². The van der Waals surface area contributed by atoms with Crippen molar-refractivity contribution < 1.29 is 14.2 Å². The average Bonchev–Trinajstić information content (AvgIpc) is 3.13. The summed E-state index contributed by atoms with van der Waals surface area (Å²) in [6, 6.07) is 8.47. The minimum Gasteiger partial charge on any atom is -0.481 e. The number of nitrogens with zero attached hydrogens (tertiary/aromatic N) is 5. The van der Waals surface area contributed by atoms with Crippen molar-refractivity contribution in [2.24, 2.45) is 0 Å². The van der Waals surface area contributed by atoms with Gasteiger partial charge in [-0.2, -0.15) is 0 Å². The van der Waals surface area contributed by atoms with Crippen LogP contribution in [0.5, 0.6) is 5.88 Å². The predicted molar refractivity (Wildman–Crippen MR) is 96.2 cm³/mol. The van der Waals surface area contributed by atoms with E-state index in [0.717, 1.165) is 6.20 Å². The maximum Gasteiger partial charge on any atom is 0.213 e. The number of hydrogen-bond acceptors (Lipinski definition) is 7. The first kappa shape index (κ1) is 16.9. The largest absolute Gasteiger partial charge is 0.481 e. The van der Waals surface area contributed by atoms with E-state index in [-0.39, 0.29) is 12.3 Å². The van der Waals surface area contributed by atoms with Crippen LogP contribution in [0.3, 0.4) is 0 Å². The van der Waals surface area contributed by atoms with E-state index in [1.54, 1.807) is 35.0 Å². The lowest BCUT2D eigenvalue weighted by Crippen LogP contribution is -2.05. The highest BCUT2D eigenvalue weighted by atomic mass is 19.1. The van der Waals surface area contributed by atoms with E-state index in [1.807, 2.05) is 0 Å². The molecule has 0 amide bonds. The lowest BCUT2D eigenvalue weighted by Gasteiger charge is -2.10. The van der Waals surface area contributed by atoms with E-state index in [4.69, 9.17) is 4.74 Å². The van der Waals surface area contributed by atoms with Gasteiger partial charge in [-0.3, -0.25) is 4.98 Å². The van der Waals surface area contributed by atoms with Gasteiger partial charge in [-0.1, -0.05) is 6.07 Å². The fourth-order valence-corrected chi connectivity index (χ4v) is 2.60. The highest BCUT2D eigenvalue weighted by molar-refractivity contribution is 5.75. The van der Waals surface area contributed by atoms with Gasteiger partial charge in [0, 0.05) is 18.5 Å². The van der Waals surface area contributed by atoms with Crippen LogP contribution in [-0.4, -0.2) is 36.8 Å². The summed E-state index contributed by atoms with van der Waals surface area (Å²) in [5, 5.41) is 16.8. The monoisotopic (exact) mass is 366 g/mol. The Morgan fingerprint density at radius 3 is 2.93 bits per heavy atom. The molecule has 4 aromatic heterocycles. The number of rotatable bonds is 5. The van der Waals surface area contributed by atoms with Crippen LogP contribution in [0.4, 0.5) is 15.9 Å². The molecular weight excluding hydrogens is 351 g/mol. The Balaban J connectivity index is 1.87. The predicted octanol–water partition coefficient (Wildman–Crippen LogP) is 2.57. The van der Waals surface area contributed by atoms with Crippen molar-refractivity contribution in [3.8, 4) is 17.4 Å². The maximum absolute atomic E-state index is 14.0. The summed E-state index contributed by atoms with van der Waals surface area (Å²) in [7, 11) is 1.52. The van der Waals surface area contributed by atoms with Crippen LogP contribution in [0, 0.1) is 5.82 Å².